The summed E-state index contributed by atoms with van der Waals surface area (Å²) in [7, 11) is 1.64. The summed E-state index contributed by atoms with van der Waals surface area (Å²) >= 11 is 0. The minimum Gasteiger partial charge on any atom is -0.496 e. The lowest BCUT2D eigenvalue weighted by Crippen LogP contribution is -2.05. The third kappa shape index (κ3) is 2.99. The molecule has 0 radical (unpaired) electrons. The second kappa shape index (κ2) is 6.36. The van der Waals surface area contributed by atoms with E-state index >= 15 is 0 Å². The van der Waals surface area contributed by atoms with Crippen molar-refractivity contribution in [2.45, 2.75) is 44.6 Å². The summed E-state index contributed by atoms with van der Waals surface area (Å²) in [4.78, 5) is 13.9. The van der Waals surface area contributed by atoms with Crippen LogP contribution in [0.4, 0.5) is 0 Å². The molecule has 0 aromatic heterocycles. The van der Waals surface area contributed by atoms with Crippen molar-refractivity contribution in [2.75, 3.05) is 7.11 Å². The lowest BCUT2D eigenvalue weighted by molar-refractivity contribution is 0.408. The highest BCUT2D eigenvalue weighted by Gasteiger charge is 2.16. The molecule has 0 spiro atoms. The number of carbonyl (C=O) groups excluding carboxylic acids is 1. The Morgan fingerprint density at radius 2 is 2.11 bits per heavy atom. The predicted molar refractivity (Wildman–Crippen MR) is 70.6 cm³/mol. The molecule has 1 fully saturated rings. The topological polar surface area (TPSA) is 38.7 Å². The van der Waals surface area contributed by atoms with Crippen molar-refractivity contribution in [3.05, 3.63) is 29.3 Å². The van der Waals surface area contributed by atoms with Crippen molar-refractivity contribution < 1.29 is 9.53 Å². The van der Waals surface area contributed by atoms with Crippen molar-refractivity contribution in [2.24, 2.45) is 4.99 Å². The average molecular weight is 245 g/mol. The lowest BCUT2D eigenvalue weighted by Gasteiger charge is -2.22. The summed E-state index contributed by atoms with van der Waals surface area (Å²) in [5.41, 5.74) is 2.33. The van der Waals surface area contributed by atoms with E-state index in [0.29, 0.717) is 12.5 Å². The van der Waals surface area contributed by atoms with Crippen LogP contribution >= 0.6 is 0 Å². The standard InChI is InChI=1S/C15H19NO2/c1-18-15-8-7-13(9-14(15)10-16-11-17)12-5-3-2-4-6-12/h7-9,12H,2-6,10H2,1H3. The summed E-state index contributed by atoms with van der Waals surface area (Å²) in [5, 5.41) is 0. The third-order valence-electron chi connectivity index (χ3n) is 3.69. The molecule has 1 saturated carbocycles. The molecule has 0 unspecified atom stereocenters. The molecule has 96 valence electrons. The Morgan fingerprint density at radius 1 is 1.33 bits per heavy atom. The molecule has 18 heavy (non-hydrogen) atoms. The van der Waals surface area contributed by atoms with Gasteiger partial charge in [-0.3, -0.25) is 0 Å². The maximum Gasteiger partial charge on any atom is 0.235 e. The van der Waals surface area contributed by atoms with E-state index in [0.717, 1.165) is 11.3 Å². The summed E-state index contributed by atoms with van der Waals surface area (Å²) < 4.78 is 5.29. The van der Waals surface area contributed by atoms with Crippen LogP contribution in [0.5, 0.6) is 5.75 Å². The number of rotatable bonds is 4. The molecular weight excluding hydrogens is 226 g/mol. The van der Waals surface area contributed by atoms with Gasteiger partial charge in [-0.05, 0) is 36.5 Å². The highest BCUT2D eigenvalue weighted by atomic mass is 16.5. The van der Waals surface area contributed by atoms with E-state index in [9.17, 15) is 4.79 Å². The third-order valence-corrected chi connectivity index (χ3v) is 3.69. The molecule has 0 atom stereocenters. The molecule has 2 rings (SSSR count). The molecule has 0 saturated heterocycles. The maximum atomic E-state index is 10.2. The van der Waals surface area contributed by atoms with Gasteiger partial charge in [0.25, 0.3) is 0 Å². The van der Waals surface area contributed by atoms with Gasteiger partial charge >= 0.3 is 0 Å². The van der Waals surface area contributed by atoms with E-state index in [1.165, 1.54) is 37.7 Å². The Morgan fingerprint density at radius 3 is 2.78 bits per heavy atom. The first-order chi connectivity index (χ1) is 8.85. The number of hydrogen-bond acceptors (Lipinski definition) is 3. The summed E-state index contributed by atoms with van der Waals surface area (Å²) in [6, 6.07) is 6.26. The van der Waals surface area contributed by atoms with Crippen molar-refractivity contribution in [1.82, 2.24) is 0 Å². The van der Waals surface area contributed by atoms with Crippen LogP contribution in [0.1, 0.15) is 49.1 Å². The summed E-state index contributed by atoms with van der Waals surface area (Å²) in [6.45, 7) is 0.354. The lowest BCUT2D eigenvalue weighted by atomic mass is 9.83. The smallest absolute Gasteiger partial charge is 0.235 e. The second-order valence-electron chi connectivity index (χ2n) is 4.81. The Hall–Kier alpha value is -1.60. The fourth-order valence-electron chi connectivity index (χ4n) is 2.73. The van der Waals surface area contributed by atoms with Crippen LogP contribution in [0.15, 0.2) is 23.2 Å². The van der Waals surface area contributed by atoms with Gasteiger partial charge in [0.15, 0.2) is 0 Å². The van der Waals surface area contributed by atoms with Crippen LogP contribution in [-0.2, 0) is 11.3 Å². The molecule has 0 amide bonds. The Bertz CT molecular complexity index is 444. The molecule has 1 aromatic carbocycles. The average Bonchev–Trinajstić information content (AvgIpc) is 2.45. The van der Waals surface area contributed by atoms with Gasteiger partial charge in [0.1, 0.15) is 5.75 Å². The Labute approximate surface area is 108 Å². The number of benzene rings is 1. The molecule has 3 nitrogen and oxygen atoms in total. The number of hydrogen-bond donors (Lipinski definition) is 0. The van der Waals surface area contributed by atoms with Gasteiger partial charge in [-0.1, -0.05) is 25.3 Å². The van der Waals surface area contributed by atoms with Gasteiger partial charge in [0, 0.05) is 5.56 Å². The minimum absolute atomic E-state index is 0.354. The largest absolute Gasteiger partial charge is 0.496 e. The zero-order valence-electron chi connectivity index (χ0n) is 10.8. The fourth-order valence-corrected chi connectivity index (χ4v) is 2.73. The fraction of sp³-hybridized carbons (Fsp3) is 0.533. The van der Waals surface area contributed by atoms with E-state index in [-0.39, 0.29) is 0 Å². The molecule has 1 aliphatic carbocycles. The number of aliphatic imine (C=N–C) groups is 1. The van der Waals surface area contributed by atoms with Crippen LogP contribution in [-0.4, -0.2) is 13.2 Å². The molecule has 0 aliphatic heterocycles. The Kier molecular flexibility index (Phi) is 4.54. The van der Waals surface area contributed by atoms with Crippen molar-refractivity contribution >= 4 is 6.08 Å². The SMILES string of the molecule is COc1ccc(C2CCCCC2)cc1CN=C=O. The quantitative estimate of drug-likeness (QED) is 0.600. The molecule has 0 bridgehead atoms. The van der Waals surface area contributed by atoms with E-state index < -0.39 is 0 Å². The minimum atomic E-state index is 0.354. The van der Waals surface area contributed by atoms with Crippen LogP contribution in [0.25, 0.3) is 0 Å². The molecule has 1 aromatic rings. The number of ether oxygens (including phenoxy) is 1. The van der Waals surface area contributed by atoms with E-state index in [2.05, 4.69) is 17.1 Å². The van der Waals surface area contributed by atoms with Crippen LogP contribution < -0.4 is 4.74 Å². The summed E-state index contributed by atoms with van der Waals surface area (Å²) in [6.07, 6.45) is 8.11. The van der Waals surface area contributed by atoms with Crippen LogP contribution in [0, 0.1) is 0 Å². The first-order valence-corrected chi connectivity index (χ1v) is 6.55. The van der Waals surface area contributed by atoms with E-state index in [1.54, 1.807) is 13.2 Å². The van der Waals surface area contributed by atoms with Gasteiger partial charge in [0.05, 0.1) is 13.7 Å². The molecule has 0 N–H and O–H groups in total. The van der Waals surface area contributed by atoms with Crippen molar-refractivity contribution in [1.29, 1.82) is 0 Å². The predicted octanol–water partition coefficient (Wildman–Crippen LogP) is 3.58. The van der Waals surface area contributed by atoms with Gasteiger partial charge in [-0.15, -0.1) is 0 Å². The number of methoxy groups -OCH3 is 1. The first-order valence-electron chi connectivity index (χ1n) is 6.55. The molecule has 3 heteroatoms. The van der Waals surface area contributed by atoms with E-state index in [1.807, 2.05) is 6.07 Å². The van der Waals surface area contributed by atoms with E-state index in [4.69, 9.17) is 4.74 Å². The highest BCUT2D eigenvalue weighted by Crippen LogP contribution is 2.34. The van der Waals surface area contributed by atoms with Crippen molar-refractivity contribution in [3.63, 3.8) is 0 Å². The van der Waals surface area contributed by atoms with Gasteiger partial charge < -0.3 is 4.74 Å². The molecule has 0 heterocycles. The maximum absolute atomic E-state index is 10.2. The Balaban J connectivity index is 2.23. The zero-order chi connectivity index (χ0) is 12.8. The van der Waals surface area contributed by atoms with Crippen LogP contribution in [0.3, 0.4) is 0 Å². The number of nitrogens with zero attached hydrogens (tertiary/aromatic N) is 1. The molecular formula is C15H19NO2. The van der Waals surface area contributed by atoms with Gasteiger partial charge in [-0.2, -0.15) is 0 Å². The van der Waals surface area contributed by atoms with Crippen molar-refractivity contribution in [3.8, 4) is 5.75 Å². The monoisotopic (exact) mass is 245 g/mol. The van der Waals surface area contributed by atoms with Gasteiger partial charge in [-0.25, -0.2) is 9.79 Å². The van der Waals surface area contributed by atoms with Crippen LogP contribution in [0.2, 0.25) is 0 Å². The normalized spacial score (nSPS) is 16.1. The van der Waals surface area contributed by atoms with Gasteiger partial charge in [0.2, 0.25) is 6.08 Å². The molecule has 1 aliphatic rings. The first kappa shape index (κ1) is 12.8. The zero-order valence-corrected chi connectivity index (χ0v) is 10.8. The highest BCUT2D eigenvalue weighted by molar-refractivity contribution is 5.41. The summed E-state index contributed by atoms with van der Waals surface area (Å²) in [5.74, 6) is 1.46. The number of isocyanates is 1. The second-order valence-corrected chi connectivity index (χ2v) is 4.81.